The lowest BCUT2D eigenvalue weighted by atomic mass is 10.2. The van der Waals surface area contributed by atoms with Crippen LogP contribution >= 0.6 is 0 Å². The maximum atomic E-state index is 10.8. The molecule has 6 nitrogen and oxygen atoms in total. The van der Waals surface area contributed by atoms with Gasteiger partial charge < -0.3 is 9.88 Å². The Hall–Kier alpha value is -2.37. The van der Waals surface area contributed by atoms with E-state index in [1.807, 2.05) is 13.1 Å². The molecule has 0 saturated heterocycles. The summed E-state index contributed by atoms with van der Waals surface area (Å²) < 4.78 is 2.06. The Kier molecular flexibility index (Phi) is 4.12. The molecule has 19 heavy (non-hydrogen) atoms. The summed E-state index contributed by atoms with van der Waals surface area (Å²) in [6.07, 6.45) is 4.58. The van der Waals surface area contributed by atoms with Crippen LogP contribution < -0.4 is 5.32 Å². The summed E-state index contributed by atoms with van der Waals surface area (Å²) >= 11 is 0. The summed E-state index contributed by atoms with van der Waals surface area (Å²) in [5.41, 5.74) is 0.677. The number of rotatable bonds is 6. The lowest BCUT2D eigenvalue weighted by molar-refractivity contribution is -0.384. The van der Waals surface area contributed by atoms with Gasteiger partial charge in [0.05, 0.1) is 4.92 Å². The fourth-order valence-electron chi connectivity index (χ4n) is 1.89. The molecule has 0 saturated carbocycles. The first-order valence-corrected chi connectivity index (χ1v) is 6.13. The first-order valence-electron chi connectivity index (χ1n) is 6.13. The van der Waals surface area contributed by atoms with E-state index in [1.165, 1.54) is 6.07 Å². The molecule has 1 aromatic carbocycles. The number of nitro groups is 1. The second-order valence-corrected chi connectivity index (χ2v) is 4.22. The van der Waals surface area contributed by atoms with Crippen molar-refractivity contribution >= 4 is 11.4 Å². The van der Waals surface area contributed by atoms with Gasteiger partial charge in [0.1, 0.15) is 11.5 Å². The molecule has 1 heterocycles. The number of benzene rings is 1. The molecule has 0 fully saturated rings. The number of nitrogens with zero attached hydrogens (tertiary/aromatic N) is 3. The second-order valence-electron chi connectivity index (χ2n) is 4.22. The number of anilines is 1. The fourth-order valence-corrected chi connectivity index (χ4v) is 1.89. The smallest absolute Gasteiger partial charge is 0.292 e. The molecule has 1 aromatic heterocycles. The van der Waals surface area contributed by atoms with E-state index in [0.29, 0.717) is 12.2 Å². The predicted octanol–water partition coefficient (Wildman–Crippen LogP) is 2.60. The molecule has 0 aliphatic heterocycles. The third kappa shape index (κ3) is 3.31. The molecule has 100 valence electrons. The molecule has 0 bridgehead atoms. The number of nitro benzene ring substituents is 1. The van der Waals surface area contributed by atoms with E-state index in [4.69, 9.17) is 0 Å². The highest BCUT2D eigenvalue weighted by Gasteiger charge is 2.11. The van der Waals surface area contributed by atoms with E-state index < -0.39 is 0 Å². The lowest BCUT2D eigenvalue weighted by Crippen LogP contribution is -2.08. The summed E-state index contributed by atoms with van der Waals surface area (Å²) in [6, 6.07) is 6.68. The van der Waals surface area contributed by atoms with Crippen LogP contribution in [-0.2, 0) is 6.54 Å². The standard InChI is InChI=1S/C13H16N4O2/c1-11-14-8-10-16(11)9-4-7-15-12-5-2-3-6-13(12)17(18)19/h2-3,5-6,8,10,15H,4,7,9H2,1H3. The Morgan fingerprint density at radius 3 is 2.89 bits per heavy atom. The summed E-state index contributed by atoms with van der Waals surface area (Å²) in [6.45, 7) is 3.48. The minimum atomic E-state index is -0.373. The Balaban J connectivity index is 1.86. The number of para-hydroxylation sites is 2. The fraction of sp³-hybridized carbons (Fsp3) is 0.308. The van der Waals surface area contributed by atoms with Gasteiger partial charge in [-0.05, 0) is 19.4 Å². The zero-order valence-corrected chi connectivity index (χ0v) is 10.7. The van der Waals surface area contributed by atoms with Crippen molar-refractivity contribution in [1.82, 2.24) is 9.55 Å². The third-order valence-electron chi connectivity index (χ3n) is 2.92. The predicted molar refractivity (Wildman–Crippen MR) is 73.2 cm³/mol. The Morgan fingerprint density at radius 1 is 1.42 bits per heavy atom. The molecular formula is C13H16N4O2. The van der Waals surface area contributed by atoms with E-state index in [-0.39, 0.29) is 10.6 Å². The van der Waals surface area contributed by atoms with Gasteiger partial charge in [-0.1, -0.05) is 12.1 Å². The van der Waals surface area contributed by atoms with Gasteiger partial charge >= 0.3 is 0 Å². The minimum absolute atomic E-state index is 0.112. The highest BCUT2D eigenvalue weighted by Crippen LogP contribution is 2.22. The van der Waals surface area contributed by atoms with Crippen molar-refractivity contribution in [3.63, 3.8) is 0 Å². The molecule has 0 unspecified atom stereocenters. The monoisotopic (exact) mass is 260 g/mol. The highest BCUT2D eigenvalue weighted by molar-refractivity contribution is 5.60. The van der Waals surface area contributed by atoms with Crippen molar-refractivity contribution < 1.29 is 4.92 Å². The maximum Gasteiger partial charge on any atom is 0.292 e. The van der Waals surface area contributed by atoms with E-state index in [2.05, 4.69) is 14.9 Å². The quantitative estimate of drug-likeness (QED) is 0.492. The van der Waals surface area contributed by atoms with Crippen molar-refractivity contribution in [2.45, 2.75) is 19.9 Å². The number of hydrogen-bond acceptors (Lipinski definition) is 4. The van der Waals surface area contributed by atoms with Crippen LogP contribution in [0.5, 0.6) is 0 Å². The number of hydrogen-bond donors (Lipinski definition) is 1. The molecule has 6 heteroatoms. The summed E-state index contributed by atoms with van der Waals surface area (Å²) in [4.78, 5) is 14.6. The zero-order valence-electron chi connectivity index (χ0n) is 10.7. The normalized spacial score (nSPS) is 10.4. The largest absolute Gasteiger partial charge is 0.379 e. The van der Waals surface area contributed by atoms with E-state index >= 15 is 0 Å². The van der Waals surface area contributed by atoms with E-state index in [9.17, 15) is 10.1 Å². The highest BCUT2D eigenvalue weighted by atomic mass is 16.6. The summed E-state index contributed by atoms with van der Waals surface area (Å²) in [5.74, 6) is 0.977. The maximum absolute atomic E-state index is 10.8. The van der Waals surface area contributed by atoms with Crippen LogP contribution in [0.25, 0.3) is 0 Å². The molecular weight excluding hydrogens is 244 g/mol. The summed E-state index contributed by atoms with van der Waals surface area (Å²) in [7, 11) is 0. The van der Waals surface area contributed by atoms with Gasteiger partial charge in [0.15, 0.2) is 0 Å². The van der Waals surface area contributed by atoms with E-state index in [1.54, 1.807) is 24.4 Å². The van der Waals surface area contributed by atoms with Gasteiger partial charge in [-0.15, -0.1) is 0 Å². The molecule has 2 aromatic rings. The van der Waals surface area contributed by atoms with Crippen molar-refractivity contribution in [2.24, 2.45) is 0 Å². The lowest BCUT2D eigenvalue weighted by Gasteiger charge is -2.08. The van der Waals surface area contributed by atoms with Crippen molar-refractivity contribution in [2.75, 3.05) is 11.9 Å². The topological polar surface area (TPSA) is 73.0 Å². The van der Waals surface area contributed by atoms with Crippen LogP contribution in [0.2, 0.25) is 0 Å². The Morgan fingerprint density at radius 2 is 2.21 bits per heavy atom. The first-order chi connectivity index (χ1) is 9.18. The average molecular weight is 260 g/mol. The molecule has 0 atom stereocenters. The van der Waals surface area contributed by atoms with Gasteiger partial charge in [0.25, 0.3) is 5.69 Å². The molecule has 1 N–H and O–H groups in total. The van der Waals surface area contributed by atoms with Crippen molar-refractivity contribution in [3.05, 3.63) is 52.6 Å². The molecule has 0 aliphatic carbocycles. The van der Waals surface area contributed by atoms with E-state index in [0.717, 1.165) is 18.8 Å². The molecule has 0 radical (unpaired) electrons. The van der Waals surface area contributed by atoms with Gasteiger partial charge in [-0.2, -0.15) is 0 Å². The SMILES string of the molecule is Cc1nccn1CCCNc1ccccc1[N+](=O)[O-]. The molecule has 0 spiro atoms. The summed E-state index contributed by atoms with van der Waals surface area (Å²) in [5, 5.41) is 13.9. The third-order valence-corrected chi connectivity index (χ3v) is 2.92. The van der Waals surface area contributed by atoms with Gasteiger partial charge in [0, 0.05) is 31.5 Å². The van der Waals surface area contributed by atoms with Gasteiger partial charge in [-0.3, -0.25) is 10.1 Å². The molecule has 0 aliphatic rings. The van der Waals surface area contributed by atoms with Crippen LogP contribution in [0.4, 0.5) is 11.4 Å². The van der Waals surface area contributed by atoms with Crippen molar-refractivity contribution in [1.29, 1.82) is 0 Å². The van der Waals surface area contributed by atoms with Crippen LogP contribution in [-0.4, -0.2) is 21.0 Å². The number of aryl methyl sites for hydroxylation is 2. The van der Waals surface area contributed by atoms with Crippen molar-refractivity contribution in [3.8, 4) is 0 Å². The number of aromatic nitrogens is 2. The second kappa shape index (κ2) is 5.99. The first kappa shape index (κ1) is 13.1. The van der Waals surface area contributed by atoms with Gasteiger partial charge in [-0.25, -0.2) is 4.98 Å². The van der Waals surface area contributed by atoms with Crippen LogP contribution in [0, 0.1) is 17.0 Å². The molecule has 2 rings (SSSR count). The Bertz CT molecular complexity index is 565. The van der Waals surface area contributed by atoms with Gasteiger partial charge in [0.2, 0.25) is 0 Å². The average Bonchev–Trinajstić information content (AvgIpc) is 2.80. The molecule has 0 amide bonds. The zero-order chi connectivity index (χ0) is 13.7. The van der Waals surface area contributed by atoms with Crippen LogP contribution in [0.15, 0.2) is 36.7 Å². The Labute approximate surface area is 111 Å². The number of imidazole rings is 1. The van der Waals surface area contributed by atoms with Crippen LogP contribution in [0.1, 0.15) is 12.2 Å². The van der Waals surface area contributed by atoms with Crippen LogP contribution in [0.3, 0.4) is 0 Å². The minimum Gasteiger partial charge on any atom is -0.379 e. The number of nitrogens with one attached hydrogen (secondary N) is 1.